The number of hydrogen-bond donors (Lipinski definition) is 2. The van der Waals surface area contributed by atoms with Crippen LogP contribution in [0.1, 0.15) is 64.0 Å². The van der Waals surface area contributed by atoms with Crippen LogP contribution in [0.2, 0.25) is 0 Å². The molecule has 5 rings (SSSR count). The Morgan fingerprint density at radius 3 is 2.38 bits per heavy atom. The van der Waals surface area contributed by atoms with Crippen LogP contribution in [0.3, 0.4) is 0 Å². The third kappa shape index (κ3) is 7.69. The van der Waals surface area contributed by atoms with Crippen molar-refractivity contribution in [3.8, 4) is 17.2 Å². The molecule has 0 saturated carbocycles. The van der Waals surface area contributed by atoms with Gasteiger partial charge in [0.15, 0.2) is 11.4 Å². The average molecular weight is 706 g/mol. The molecule has 266 valence electrons. The van der Waals surface area contributed by atoms with Crippen LogP contribution in [-0.4, -0.2) is 56.9 Å². The lowest BCUT2D eigenvalue weighted by Crippen LogP contribution is -2.41. The predicted molar refractivity (Wildman–Crippen MR) is 168 cm³/mol. The summed E-state index contributed by atoms with van der Waals surface area (Å²) in [6.07, 6.45) is -9.03. The van der Waals surface area contributed by atoms with Crippen LogP contribution < -0.4 is 15.6 Å². The highest BCUT2D eigenvalue weighted by Crippen LogP contribution is 2.40. The summed E-state index contributed by atoms with van der Waals surface area (Å²) in [7, 11) is 3.47. The van der Waals surface area contributed by atoms with E-state index in [0.717, 1.165) is 21.6 Å². The number of pyridine rings is 1. The van der Waals surface area contributed by atoms with Crippen molar-refractivity contribution in [2.45, 2.75) is 57.5 Å². The highest BCUT2D eigenvalue weighted by molar-refractivity contribution is 5.85. The Hall–Kier alpha value is -5.12. The monoisotopic (exact) mass is 705 g/mol. The summed E-state index contributed by atoms with van der Waals surface area (Å²) in [4.78, 5) is 41.4. The van der Waals surface area contributed by atoms with Gasteiger partial charge < -0.3 is 20.1 Å². The number of carboxylic acid groups (broad SMARTS) is 1. The molecule has 10 nitrogen and oxygen atoms in total. The minimum absolute atomic E-state index is 0.0319. The zero-order chi connectivity index (χ0) is 36.7. The molecule has 2 aromatic heterocycles. The van der Waals surface area contributed by atoms with E-state index in [4.69, 9.17) is 4.74 Å². The summed E-state index contributed by atoms with van der Waals surface area (Å²) in [6, 6.07) is 5.76. The number of rotatable bonds is 7. The van der Waals surface area contributed by atoms with Gasteiger partial charge >= 0.3 is 18.3 Å². The fraction of sp³-hybridized carbons (Fsp3) is 0.353. The van der Waals surface area contributed by atoms with Crippen LogP contribution in [0.15, 0.2) is 59.7 Å². The first-order valence-electron chi connectivity index (χ1n) is 15.4. The molecule has 2 atom stereocenters. The summed E-state index contributed by atoms with van der Waals surface area (Å²) in [5.74, 6) is -2.56. The van der Waals surface area contributed by atoms with Crippen LogP contribution in [0.4, 0.5) is 26.3 Å². The van der Waals surface area contributed by atoms with E-state index in [1.54, 1.807) is 45.0 Å². The van der Waals surface area contributed by atoms with E-state index in [1.165, 1.54) is 24.3 Å². The number of ether oxygens (including phenoxy) is 1. The Kier molecular flexibility index (Phi) is 9.87. The van der Waals surface area contributed by atoms with Crippen molar-refractivity contribution in [3.05, 3.63) is 104 Å². The van der Waals surface area contributed by atoms with Crippen molar-refractivity contribution in [2.75, 3.05) is 20.6 Å². The maximum atomic E-state index is 14.5. The third-order valence-corrected chi connectivity index (χ3v) is 8.17. The van der Waals surface area contributed by atoms with E-state index >= 15 is 0 Å². The van der Waals surface area contributed by atoms with Crippen molar-refractivity contribution in [3.63, 3.8) is 0 Å². The summed E-state index contributed by atoms with van der Waals surface area (Å²) in [5, 5.41) is 15.9. The molecule has 4 aromatic rings. The Labute approximate surface area is 281 Å². The molecule has 0 spiro atoms. The summed E-state index contributed by atoms with van der Waals surface area (Å²) < 4.78 is 93.7. The van der Waals surface area contributed by atoms with Gasteiger partial charge in [0.1, 0.15) is 17.5 Å². The number of nitrogens with zero attached hydrogens (tertiary/aromatic N) is 4. The third-order valence-electron chi connectivity index (χ3n) is 8.17. The fourth-order valence-corrected chi connectivity index (χ4v) is 6.09. The van der Waals surface area contributed by atoms with E-state index < -0.39 is 65.1 Å². The van der Waals surface area contributed by atoms with Crippen LogP contribution >= 0.6 is 0 Å². The van der Waals surface area contributed by atoms with Crippen LogP contribution in [-0.2, 0) is 28.4 Å². The quantitative estimate of drug-likeness (QED) is 0.220. The molecule has 4 bridgehead atoms. The van der Waals surface area contributed by atoms with E-state index in [2.05, 4.69) is 10.4 Å². The van der Waals surface area contributed by atoms with Crippen LogP contribution in [0.5, 0.6) is 11.5 Å². The number of benzene rings is 2. The smallest absolute Gasteiger partial charge is 0.435 e. The number of alkyl halides is 6. The predicted octanol–water partition coefficient (Wildman–Crippen LogP) is 6.21. The molecule has 0 unspecified atom stereocenters. The molecule has 2 aromatic carbocycles. The first kappa shape index (κ1) is 36.2. The summed E-state index contributed by atoms with van der Waals surface area (Å²) in [5.41, 5.74) is -3.58. The molecule has 16 heteroatoms. The van der Waals surface area contributed by atoms with Gasteiger partial charge in [0.2, 0.25) is 5.91 Å². The molecule has 1 aliphatic rings. The normalized spacial score (nSPS) is 16.5. The second-order valence-corrected chi connectivity index (χ2v) is 12.4. The number of aryl methyl sites for hydroxylation is 3. The number of fused-ring (bicyclic) bond motifs is 6. The summed E-state index contributed by atoms with van der Waals surface area (Å²) in [6.45, 7) is 3.77. The van der Waals surface area contributed by atoms with Crippen molar-refractivity contribution in [2.24, 2.45) is 0 Å². The zero-order valence-corrected chi connectivity index (χ0v) is 27.3. The topological polar surface area (TPSA) is 119 Å². The van der Waals surface area contributed by atoms with Crippen molar-refractivity contribution in [1.29, 1.82) is 0 Å². The van der Waals surface area contributed by atoms with E-state index in [-0.39, 0.29) is 41.2 Å². The number of nitrogens with one attached hydrogen (secondary N) is 1. The van der Waals surface area contributed by atoms with Crippen LogP contribution in [0, 0.1) is 13.8 Å². The number of carbonyl (C=O) groups excluding carboxylic acids is 1. The van der Waals surface area contributed by atoms with Gasteiger partial charge in [0.05, 0.1) is 18.0 Å². The Bertz CT molecular complexity index is 2000. The van der Waals surface area contributed by atoms with Gasteiger partial charge in [-0.05, 0) is 87.8 Å². The minimum atomic E-state index is -5.10. The average Bonchev–Trinajstić information content (AvgIpc) is 3.43. The minimum Gasteiger partial charge on any atom is -0.481 e. The zero-order valence-electron chi connectivity index (χ0n) is 27.3. The molecule has 0 aliphatic carbocycles. The van der Waals surface area contributed by atoms with Crippen LogP contribution in [0.25, 0.3) is 5.69 Å². The van der Waals surface area contributed by atoms with Gasteiger partial charge in [-0.25, -0.2) is 4.68 Å². The first-order chi connectivity index (χ1) is 23.3. The lowest BCUT2D eigenvalue weighted by Gasteiger charge is -2.25. The Balaban J connectivity index is 1.79. The largest absolute Gasteiger partial charge is 0.481 e. The van der Waals surface area contributed by atoms with Crippen molar-refractivity contribution in [1.82, 2.24) is 24.6 Å². The lowest BCUT2D eigenvalue weighted by molar-refractivity contribution is -0.144. The maximum absolute atomic E-state index is 14.5. The molecule has 0 fully saturated rings. The second-order valence-electron chi connectivity index (χ2n) is 12.4. The number of amides is 1. The van der Waals surface area contributed by atoms with Gasteiger partial charge in [-0.3, -0.25) is 19.0 Å². The molecule has 50 heavy (non-hydrogen) atoms. The number of aliphatic carboxylic acids is 1. The number of halogens is 6. The van der Waals surface area contributed by atoms with Gasteiger partial charge in [-0.2, -0.15) is 31.4 Å². The number of carbonyl (C=O) groups is 2. The Morgan fingerprint density at radius 2 is 1.74 bits per heavy atom. The van der Waals surface area contributed by atoms with Gasteiger partial charge in [0, 0.05) is 24.0 Å². The molecule has 0 saturated heterocycles. The molecule has 0 radical (unpaired) electrons. The maximum Gasteiger partial charge on any atom is 0.435 e. The molecular weight excluding hydrogens is 672 g/mol. The number of aromatic nitrogens is 3. The van der Waals surface area contributed by atoms with Gasteiger partial charge in [0.25, 0.3) is 5.56 Å². The van der Waals surface area contributed by atoms with Gasteiger partial charge in [-0.15, -0.1) is 0 Å². The molecule has 3 heterocycles. The van der Waals surface area contributed by atoms with E-state index in [0.29, 0.717) is 23.7 Å². The molecule has 1 amide bonds. The SMILES string of the molecule is Cc1cc(C)c2c(c1)Oc1cccc(c1)[C@@H](n1cc(CCCN(C)C)c(C(F)(F)F)cc1=O)C(=O)N[C@H](CC(=O)O)c1cn-2nc1C(F)(F)F. The lowest BCUT2D eigenvalue weighted by atomic mass is 9.99. The van der Waals surface area contributed by atoms with Crippen molar-refractivity contribution < 1.29 is 45.8 Å². The first-order valence-corrected chi connectivity index (χ1v) is 15.4. The molecule has 1 aliphatic heterocycles. The number of hydrogen-bond acceptors (Lipinski definition) is 6. The van der Waals surface area contributed by atoms with E-state index in [9.17, 15) is 45.8 Å². The molecular formula is C34H33F6N5O5. The number of carboxylic acids is 1. The van der Waals surface area contributed by atoms with Crippen molar-refractivity contribution >= 4 is 11.9 Å². The standard InChI is InChI=1S/C34H33F6N5O5/c1-18-11-19(2)29-26(12-18)50-22-9-5-7-20(13-22)30(44-16-21(8-6-10-43(3)4)24(14-27(44)46)33(35,36)37)32(49)41-25(15-28(47)48)23-17-45(29)42-31(23)34(38,39)40/h5,7,9,11-14,16-17,25,30H,6,8,10,15H2,1-4H3,(H,41,49)(H,47,48)/t25-,30-/m1/s1. The molecule has 2 N–H and O–H groups in total. The second kappa shape index (κ2) is 13.7. The highest BCUT2D eigenvalue weighted by Gasteiger charge is 2.42. The van der Waals surface area contributed by atoms with E-state index in [1.807, 2.05) is 0 Å². The Morgan fingerprint density at radius 1 is 1.02 bits per heavy atom. The summed E-state index contributed by atoms with van der Waals surface area (Å²) >= 11 is 0. The van der Waals surface area contributed by atoms with Gasteiger partial charge in [-0.1, -0.05) is 18.2 Å². The highest BCUT2D eigenvalue weighted by atomic mass is 19.4. The fourth-order valence-electron chi connectivity index (χ4n) is 6.09.